The smallest absolute Gasteiger partial charge is 0.240 e. The molecule has 0 fully saturated rings. The zero-order valence-corrected chi connectivity index (χ0v) is 18.9. The zero-order chi connectivity index (χ0) is 22.3. The summed E-state index contributed by atoms with van der Waals surface area (Å²) in [5.74, 6) is 0.698. The van der Waals surface area contributed by atoms with E-state index in [0.29, 0.717) is 22.2 Å². The van der Waals surface area contributed by atoms with Crippen molar-refractivity contribution in [3.63, 3.8) is 0 Å². The largest absolute Gasteiger partial charge is 0.355 e. The number of nitrogens with one attached hydrogen (secondary N) is 2. The van der Waals surface area contributed by atoms with Crippen LogP contribution in [0, 0.1) is 4.77 Å². The number of carbonyl (C=O) groups is 1. The van der Waals surface area contributed by atoms with Gasteiger partial charge in [-0.1, -0.05) is 72.3 Å². The Labute approximate surface area is 197 Å². The monoisotopic (exact) mass is 462 g/mol. The second kappa shape index (κ2) is 10.4. The molecule has 4 aromatic rings. The van der Waals surface area contributed by atoms with Gasteiger partial charge in [-0.25, -0.2) is 0 Å². The summed E-state index contributed by atoms with van der Waals surface area (Å²) < 4.78 is 2.09. The van der Waals surface area contributed by atoms with E-state index in [4.69, 9.17) is 23.8 Å². The van der Waals surface area contributed by atoms with Gasteiger partial charge in [-0.15, -0.1) is 0 Å². The van der Waals surface area contributed by atoms with Gasteiger partial charge in [0.15, 0.2) is 10.6 Å². The van der Waals surface area contributed by atoms with E-state index in [9.17, 15) is 4.79 Å². The highest BCUT2D eigenvalue weighted by Crippen LogP contribution is 2.27. The lowest BCUT2D eigenvalue weighted by Crippen LogP contribution is -2.29. The third-order valence-electron chi connectivity index (χ3n) is 5.32. The Morgan fingerprint density at radius 3 is 2.16 bits per heavy atom. The van der Waals surface area contributed by atoms with Gasteiger partial charge in [0.1, 0.15) is 6.54 Å². The van der Waals surface area contributed by atoms with Crippen LogP contribution in [0.2, 0.25) is 5.02 Å². The van der Waals surface area contributed by atoms with Crippen molar-refractivity contribution in [1.82, 2.24) is 20.1 Å². The molecule has 0 atom stereocenters. The maximum Gasteiger partial charge on any atom is 0.240 e. The Kier molecular flexibility index (Phi) is 7.14. The van der Waals surface area contributed by atoms with Crippen LogP contribution in [0.15, 0.2) is 84.9 Å². The maximum absolute atomic E-state index is 12.7. The summed E-state index contributed by atoms with van der Waals surface area (Å²) in [5, 5.41) is 10.7. The summed E-state index contributed by atoms with van der Waals surface area (Å²) >= 11 is 11.3. The number of hydrogen-bond acceptors (Lipinski definition) is 3. The fourth-order valence-corrected chi connectivity index (χ4v) is 4.06. The molecule has 1 aromatic heterocycles. The number of H-pyrrole nitrogens is 1. The van der Waals surface area contributed by atoms with Gasteiger partial charge in [-0.3, -0.25) is 14.5 Å². The predicted molar refractivity (Wildman–Crippen MR) is 130 cm³/mol. The molecule has 1 heterocycles. The molecule has 0 unspecified atom stereocenters. The lowest BCUT2D eigenvalue weighted by Gasteiger charge is -2.18. The molecule has 3 aromatic carbocycles. The molecule has 2 N–H and O–H groups in total. The van der Waals surface area contributed by atoms with Gasteiger partial charge >= 0.3 is 0 Å². The fraction of sp³-hybridized carbons (Fsp3) is 0.160. The lowest BCUT2D eigenvalue weighted by atomic mass is 9.88. The molecular formula is C25H23ClN4OS. The van der Waals surface area contributed by atoms with Crippen molar-refractivity contribution in [2.24, 2.45) is 0 Å². The molecule has 5 nitrogen and oxygen atoms in total. The molecule has 0 saturated heterocycles. The van der Waals surface area contributed by atoms with E-state index >= 15 is 0 Å². The van der Waals surface area contributed by atoms with Crippen LogP contribution in [0.25, 0.3) is 11.4 Å². The second-order valence-corrected chi connectivity index (χ2v) is 8.28. The zero-order valence-electron chi connectivity index (χ0n) is 17.4. The number of rotatable bonds is 8. The van der Waals surface area contributed by atoms with Crippen LogP contribution >= 0.6 is 23.8 Å². The van der Waals surface area contributed by atoms with Crippen molar-refractivity contribution in [2.45, 2.75) is 18.9 Å². The fourth-order valence-electron chi connectivity index (χ4n) is 3.74. The normalized spacial score (nSPS) is 10.9. The standard InChI is InChI=1S/C25H23ClN4OS/c26-21-13-11-20(12-14-21)24-28-29-25(32)30(24)17-23(31)27-16-15-22(18-7-3-1-4-8-18)19-9-5-2-6-10-19/h1-14,22H,15-17H2,(H,27,31)(H,29,32). The van der Waals surface area contributed by atoms with Crippen molar-refractivity contribution < 1.29 is 4.79 Å². The van der Waals surface area contributed by atoms with Crippen molar-refractivity contribution >= 4 is 29.7 Å². The molecule has 7 heteroatoms. The van der Waals surface area contributed by atoms with E-state index in [2.05, 4.69) is 39.8 Å². The van der Waals surface area contributed by atoms with Gasteiger partial charge in [0.25, 0.3) is 0 Å². The Hall–Kier alpha value is -3.22. The minimum atomic E-state index is -0.113. The molecule has 0 spiro atoms. The van der Waals surface area contributed by atoms with Crippen molar-refractivity contribution in [1.29, 1.82) is 0 Å². The van der Waals surface area contributed by atoms with Gasteiger partial charge in [0, 0.05) is 23.0 Å². The van der Waals surface area contributed by atoms with E-state index in [0.717, 1.165) is 12.0 Å². The van der Waals surface area contributed by atoms with Gasteiger partial charge in [0.05, 0.1) is 0 Å². The third-order valence-corrected chi connectivity index (χ3v) is 5.89. The highest BCUT2D eigenvalue weighted by molar-refractivity contribution is 7.71. The molecule has 4 rings (SSSR count). The number of nitrogens with zero attached hydrogens (tertiary/aromatic N) is 2. The summed E-state index contributed by atoms with van der Waals surface area (Å²) in [7, 11) is 0. The van der Waals surface area contributed by atoms with Crippen LogP contribution in [-0.2, 0) is 11.3 Å². The average Bonchev–Trinajstić information content (AvgIpc) is 3.18. The van der Waals surface area contributed by atoms with Crippen molar-refractivity contribution in [3.05, 3.63) is 106 Å². The van der Waals surface area contributed by atoms with Crippen molar-refractivity contribution in [2.75, 3.05) is 6.54 Å². The molecule has 0 aliphatic heterocycles. The summed E-state index contributed by atoms with van der Waals surface area (Å²) in [6.07, 6.45) is 0.792. The first-order valence-electron chi connectivity index (χ1n) is 10.4. The Balaban J connectivity index is 1.42. The van der Waals surface area contributed by atoms with E-state index in [1.807, 2.05) is 48.5 Å². The van der Waals surface area contributed by atoms with E-state index in [1.165, 1.54) is 11.1 Å². The lowest BCUT2D eigenvalue weighted by molar-refractivity contribution is -0.121. The second-order valence-electron chi connectivity index (χ2n) is 7.46. The minimum Gasteiger partial charge on any atom is -0.355 e. The number of amides is 1. The Morgan fingerprint density at radius 2 is 1.56 bits per heavy atom. The predicted octanol–water partition coefficient (Wildman–Crippen LogP) is 5.60. The van der Waals surface area contributed by atoms with Crippen LogP contribution in [-0.4, -0.2) is 27.2 Å². The number of carbonyl (C=O) groups excluding carboxylic acids is 1. The van der Waals surface area contributed by atoms with Crippen LogP contribution in [0.1, 0.15) is 23.5 Å². The highest BCUT2D eigenvalue weighted by Gasteiger charge is 2.16. The molecule has 0 radical (unpaired) electrons. The highest BCUT2D eigenvalue weighted by atomic mass is 35.5. The molecular weight excluding hydrogens is 440 g/mol. The van der Waals surface area contributed by atoms with Gasteiger partial charge in [-0.05, 0) is 54.0 Å². The first kappa shape index (κ1) is 22.0. The quantitative estimate of drug-likeness (QED) is 0.335. The van der Waals surface area contributed by atoms with Crippen LogP contribution in [0.5, 0.6) is 0 Å². The summed E-state index contributed by atoms with van der Waals surface area (Å²) in [4.78, 5) is 12.7. The van der Waals surface area contributed by atoms with Crippen LogP contribution in [0.4, 0.5) is 0 Å². The molecule has 1 amide bonds. The number of hydrogen-bond donors (Lipinski definition) is 2. The molecule has 32 heavy (non-hydrogen) atoms. The van der Waals surface area contributed by atoms with E-state index < -0.39 is 0 Å². The molecule has 162 valence electrons. The van der Waals surface area contributed by atoms with Gasteiger partial charge in [-0.2, -0.15) is 5.10 Å². The minimum absolute atomic E-state index is 0.0919. The van der Waals surface area contributed by atoms with Crippen LogP contribution < -0.4 is 5.32 Å². The first-order valence-corrected chi connectivity index (χ1v) is 11.2. The first-order chi connectivity index (χ1) is 15.6. The molecule has 0 bridgehead atoms. The number of benzene rings is 3. The Bertz CT molecular complexity index is 1180. The number of aromatic amines is 1. The SMILES string of the molecule is O=C(Cn1c(-c2ccc(Cl)cc2)n[nH]c1=S)NCCC(c1ccccc1)c1ccccc1. The molecule has 0 aliphatic carbocycles. The number of halogens is 1. The average molecular weight is 463 g/mol. The molecule has 0 saturated carbocycles. The molecule has 0 aliphatic rings. The third kappa shape index (κ3) is 5.33. The topological polar surface area (TPSA) is 62.7 Å². The van der Waals surface area contributed by atoms with Crippen molar-refractivity contribution in [3.8, 4) is 11.4 Å². The Morgan fingerprint density at radius 1 is 0.969 bits per heavy atom. The van der Waals surface area contributed by atoms with Gasteiger partial charge < -0.3 is 5.32 Å². The van der Waals surface area contributed by atoms with E-state index in [-0.39, 0.29) is 18.4 Å². The van der Waals surface area contributed by atoms with Crippen LogP contribution in [0.3, 0.4) is 0 Å². The maximum atomic E-state index is 12.7. The van der Waals surface area contributed by atoms with E-state index in [1.54, 1.807) is 16.7 Å². The van der Waals surface area contributed by atoms with Gasteiger partial charge in [0.2, 0.25) is 5.91 Å². The summed E-state index contributed by atoms with van der Waals surface area (Å²) in [6.45, 7) is 0.642. The summed E-state index contributed by atoms with van der Waals surface area (Å²) in [5.41, 5.74) is 3.30. The number of aromatic nitrogens is 3. The summed E-state index contributed by atoms with van der Waals surface area (Å²) in [6, 6.07) is 28.0.